The molecule has 0 saturated heterocycles. The third-order valence-electron chi connectivity index (χ3n) is 3.56. The number of nitro groups is 1. The van der Waals surface area contributed by atoms with E-state index in [9.17, 15) is 14.9 Å². The quantitative estimate of drug-likeness (QED) is 0.653. The van der Waals surface area contributed by atoms with E-state index in [1.165, 1.54) is 12.1 Å². The number of hydrogen-bond donors (Lipinski definition) is 1. The van der Waals surface area contributed by atoms with Gasteiger partial charge in [-0.1, -0.05) is 13.0 Å². The van der Waals surface area contributed by atoms with Crippen molar-refractivity contribution in [3.63, 3.8) is 0 Å². The van der Waals surface area contributed by atoms with Gasteiger partial charge in [0, 0.05) is 30.8 Å². The van der Waals surface area contributed by atoms with E-state index in [4.69, 9.17) is 0 Å². The van der Waals surface area contributed by atoms with Gasteiger partial charge in [0.1, 0.15) is 0 Å². The number of benzene rings is 1. The molecule has 1 aromatic rings. The van der Waals surface area contributed by atoms with Crippen LogP contribution in [0.25, 0.3) is 0 Å². The van der Waals surface area contributed by atoms with E-state index in [0.29, 0.717) is 24.6 Å². The molecular formula is C14H19N3O3. The molecule has 0 aromatic heterocycles. The molecular weight excluding hydrogens is 258 g/mol. The standard InChI is InChI=1S/C14H19N3O3/c1-10(8-15-2)9-16-6-5-11-3-4-12(17(19)20)7-13(11)14(16)18/h3-4,7,10,15H,5-6,8-9H2,1-2H3. The second kappa shape index (κ2) is 6.00. The fourth-order valence-corrected chi connectivity index (χ4v) is 2.59. The molecule has 1 heterocycles. The molecule has 0 fully saturated rings. The molecule has 0 bridgehead atoms. The largest absolute Gasteiger partial charge is 0.338 e. The third kappa shape index (κ3) is 2.96. The van der Waals surface area contributed by atoms with E-state index in [1.54, 1.807) is 11.0 Å². The van der Waals surface area contributed by atoms with E-state index in [1.807, 2.05) is 7.05 Å². The number of carbonyl (C=O) groups is 1. The van der Waals surface area contributed by atoms with E-state index in [2.05, 4.69) is 12.2 Å². The SMILES string of the molecule is CNCC(C)CN1CCc2ccc([N+](=O)[O-])cc2C1=O. The Hall–Kier alpha value is -1.95. The Morgan fingerprint density at radius 2 is 2.25 bits per heavy atom. The molecule has 1 unspecified atom stereocenters. The minimum absolute atomic E-state index is 0.0257. The van der Waals surface area contributed by atoms with Gasteiger partial charge in [0.25, 0.3) is 11.6 Å². The lowest BCUT2D eigenvalue weighted by Crippen LogP contribution is -2.41. The first-order chi connectivity index (χ1) is 9.52. The van der Waals surface area contributed by atoms with Gasteiger partial charge in [0.2, 0.25) is 0 Å². The Balaban J connectivity index is 2.19. The van der Waals surface area contributed by atoms with Crippen LogP contribution in [0.15, 0.2) is 18.2 Å². The molecule has 0 aliphatic carbocycles. The Labute approximate surface area is 117 Å². The van der Waals surface area contributed by atoms with Crippen molar-refractivity contribution in [3.8, 4) is 0 Å². The van der Waals surface area contributed by atoms with Crippen LogP contribution in [0.5, 0.6) is 0 Å². The second-order valence-corrected chi connectivity index (χ2v) is 5.26. The van der Waals surface area contributed by atoms with Gasteiger partial charge in [0.05, 0.1) is 4.92 Å². The van der Waals surface area contributed by atoms with Crippen molar-refractivity contribution in [1.29, 1.82) is 0 Å². The van der Waals surface area contributed by atoms with Crippen molar-refractivity contribution < 1.29 is 9.72 Å². The summed E-state index contributed by atoms with van der Waals surface area (Å²) in [7, 11) is 1.88. The molecule has 6 nitrogen and oxygen atoms in total. The number of nitrogens with zero attached hydrogens (tertiary/aromatic N) is 2. The van der Waals surface area contributed by atoms with Crippen molar-refractivity contribution in [2.45, 2.75) is 13.3 Å². The fourth-order valence-electron chi connectivity index (χ4n) is 2.59. The first-order valence-corrected chi connectivity index (χ1v) is 6.74. The van der Waals surface area contributed by atoms with Crippen molar-refractivity contribution in [2.75, 3.05) is 26.7 Å². The van der Waals surface area contributed by atoms with Crippen LogP contribution in [0.2, 0.25) is 0 Å². The number of nitro benzene ring substituents is 1. The van der Waals surface area contributed by atoms with E-state index in [0.717, 1.165) is 18.5 Å². The molecule has 1 amide bonds. The van der Waals surface area contributed by atoms with Gasteiger partial charge in [0.15, 0.2) is 0 Å². The van der Waals surface area contributed by atoms with Crippen LogP contribution >= 0.6 is 0 Å². The lowest BCUT2D eigenvalue weighted by atomic mass is 9.97. The topological polar surface area (TPSA) is 75.5 Å². The number of non-ortho nitro benzene ring substituents is 1. The van der Waals surface area contributed by atoms with Crippen LogP contribution in [-0.4, -0.2) is 42.4 Å². The van der Waals surface area contributed by atoms with Crippen LogP contribution in [-0.2, 0) is 6.42 Å². The Morgan fingerprint density at radius 1 is 1.50 bits per heavy atom. The third-order valence-corrected chi connectivity index (χ3v) is 3.56. The molecule has 1 aromatic carbocycles. The zero-order valence-corrected chi connectivity index (χ0v) is 11.8. The highest BCUT2D eigenvalue weighted by molar-refractivity contribution is 5.97. The highest BCUT2D eigenvalue weighted by atomic mass is 16.6. The summed E-state index contributed by atoms with van der Waals surface area (Å²) in [5, 5.41) is 13.9. The minimum atomic E-state index is -0.462. The van der Waals surface area contributed by atoms with Crippen LogP contribution in [0.1, 0.15) is 22.8 Å². The fraction of sp³-hybridized carbons (Fsp3) is 0.500. The number of amides is 1. The van der Waals surface area contributed by atoms with Gasteiger partial charge in [-0.05, 0) is 31.5 Å². The van der Waals surface area contributed by atoms with E-state index in [-0.39, 0.29) is 11.6 Å². The highest BCUT2D eigenvalue weighted by Crippen LogP contribution is 2.24. The summed E-state index contributed by atoms with van der Waals surface area (Å²) in [6.07, 6.45) is 0.755. The predicted molar refractivity (Wildman–Crippen MR) is 75.8 cm³/mol. The molecule has 1 aliphatic rings. The lowest BCUT2D eigenvalue weighted by Gasteiger charge is -2.30. The summed E-state index contributed by atoms with van der Waals surface area (Å²) in [6.45, 7) is 4.26. The van der Waals surface area contributed by atoms with E-state index >= 15 is 0 Å². The molecule has 108 valence electrons. The van der Waals surface area contributed by atoms with Gasteiger partial charge in [-0.25, -0.2) is 0 Å². The molecule has 0 spiro atoms. The van der Waals surface area contributed by atoms with Crippen LogP contribution in [0.3, 0.4) is 0 Å². The Kier molecular flexibility index (Phi) is 4.34. The van der Waals surface area contributed by atoms with Crippen molar-refractivity contribution >= 4 is 11.6 Å². The second-order valence-electron chi connectivity index (χ2n) is 5.26. The van der Waals surface area contributed by atoms with E-state index < -0.39 is 4.92 Å². The van der Waals surface area contributed by atoms with Crippen molar-refractivity contribution in [3.05, 3.63) is 39.4 Å². The van der Waals surface area contributed by atoms with Gasteiger partial charge in [-0.2, -0.15) is 0 Å². The summed E-state index contributed by atoms with van der Waals surface area (Å²) in [5.41, 5.74) is 1.35. The van der Waals surface area contributed by atoms with Crippen LogP contribution in [0.4, 0.5) is 5.69 Å². The van der Waals surface area contributed by atoms with Gasteiger partial charge >= 0.3 is 0 Å². The summed E-state index contributed by atoms with van der Waals surface area (Å²) in [4.78, 5) is 24.5. The van der Waals surface area contributed by atoms with Crippen molar-refractivity contribution in [1.82, 2.24) is 10.2 Å². The van der Waals surface area contributed by atoms with Crippen LogP contribution in [0, 0.1) is 16.0 Å². The maximum absolute atomic E-state index is 12.4. The Morgan fingerprint density at radius 3 is 2.90 bits per heavy atom. The van der Waals surface area contributed by atoms with Gasteiger partial charge < -0.3 is 10.2 Å². The zero-order valence-electron chi connectivity index (χ0n) is 11.8. The average Bonchev–Trinajstić information content (AvgIpc) is 2.42. The maximum atomic E-state index is 12.4. The maximum Gasteiger partial charge on any atom is 0.270 e. The minimum Gasteiger partial charge on any atom is -0.338 e. The Bertz CT molecular complexity index is 530. The number of nitrogens with one attached hydrogen (secondary N) is 1. The number of carbonyl (C=O) groups excluding carboxylic acids is 1. The summed E-state index contributed by atoms with van der Waals surface area (Å²) >= 11 is 0. The first-order valence-electron chi connectivity index (χ1n) is 6.74. The first kappa shape index (κ1) is 14.5. The molecule has 1 aliphatic heterocycles. The zero-order chi connectivity index (χ0) is 14.7. The average molecular weight is 277 g/mol. The van der Waals surface area contributed by atoms with Gasteiger partial charge in [-0.3, -0.25) is 14.9 Å². The molecule has 1 N–H and O–H groups in total. The molecule has 2 rings (SSSR count). The number of hydrogen-bond acceptors (Lipinski definition) is 4. The van der Waals surface area contributed by atoms with Crippen molar-refractivity contribution in [2.24, 2.45) is 5.92 Å². The predicted octanol–water partition coefficient (Wildman–Crippen LogP) is 1.45. The number of fused-ring (bicyclic) bond motifs is 1. The molecule has 20 heavy (non-hydrogen) atoms. The normalized spacial score (nSPS) is 15.9. The molecule has 0 saturated carbocycles. The molecule has 6 heteroatoms. The van der Waals surface area contributed by atoms with Crippen LogP contribution < -0.4 is 5.32 Å². The van der Waals surface area contributed by atoms with Gasteiger partial charge in [-0.15, -0.1) is 0 Å². The summed E-state index contributed by atoms with van der Waals surface area (Å²) in [5.74, 6) is 0.252. The lowest BCUT2D eigenvalue weighted by molar-refractivity contribution is -0.384. The molecule has 0 radical (unpaired) electrons. The monoisotopic (exact) mass is 277 g/mol. The summed E-state index contributed by atoms with van der Waals surface area (Å²) in [6, 6.07) is 4.55. The highest BCUT2D eigenvalue weighted by Gasteiger charge is 2.27. The molecule has 1 atom stereocenters. The smallest absolute Gasteiger partial charge is 0.270 e. The summed E-state index contributed by atoms with van der Waals surface area (Å²) < 4.78 is 0. The number of rotatable bonds is 5.